The number of carbonyl (C=O) groups is 2. The smallest absolute Gasteiger partial charge is 0.338 e. The maximum absolute atomic E-state index is 13.1. The van der Waals surface area contributed by atoms with Crippen molar-refractivity contribution >= 4 is 54.4 Å². The SMILES string of the molecule is CS(=O)(=O)c1ccc(N/N=C2\c3ccccc3-c3cc(C(=O)OCCCCCCCCOC(=O)c4ccc5c(c4)-c4ccccc4/C5=N\Nc4ccc(S(C)(=O)=O)cc4)ccc32)cc1. The lowest BCUT2D eigenvalue weighted by Crippen LogP contribution is -2.08. The van der Waals surface area contributed by atoms with Gasteiger partial charge in [-0.3, -0.25) is 10.9 Å². The van der Waals surface area contributed by atoms with Crippen LogP contribution in [0.25, 0.3) is 22.3 Å². The highest BCUT2D eigenvalue weighted by molar-refractivity contribution is 7.91. The average Bonchev–Trinajstić information content (AvgIpc) is 3.78. The number of fused-ring (bicyclic) bond motifs is 6. The molecule has 0 saturated heterocycles. The fraction of sp³-hybridized carbons (Fsp3) is 0.200. The fourth-order valence-electron chi connectivity index (χ4n) is 7.78. The Morgan fingerprint density at radius 2 is 0.781 bits per heavy atom. The van der Waals surface area contributed by atoms with Gasteiger partial charge in [-0.15, -0.1) is 0 Å². The van der Waals surface area contributed by atoms with Gasteiger partial charge in [-0.1, -0.05) is 86.3 Å². The van der Waals surface area contributed by atoms with E-state index >= 15 is 0 Å². The maximum Gasteiger partial charge on any atom is 0.338 e. The maximum atomic E-state index is 13.1. The van der Waals surface area contributed by atoms with Crippen molar-refractivity contribution in [3.8, 4) is 22.3 Å². The third-order valence-electron chi connectivity index (χ3n) is 11.1. The van der Waals surface area contributed by atoms with Crippen LogP contribution in [0.4, 0.5) is 11.4 Å². The van der Waals surface area contributed by atoms with Gasteiger partial charge < -0.3 is 9.47 Å². The first-order chi connectivity index (χ1) is 30.8. The van der Waals surface area contributed by atoms with Crippen LogP contribution in [-0.2, 0) is 29.1 Å². The van der Waals surface area contributed by atoms with Crippen LogP contribution in [0.5, 0.6) is 0 Å². The number of hydrogen-bond donors (Lipinski definition) is 2. The van der Waals surface area contributed by atoms with Gasteiger partial charge in [-0.25, -0.2) is 26.4 Å². The van der Waals surface area contributed by atoms with E-state index in [4.69, 9.17) is 9.47 Å². The van der Waals surface area contributed by atoms with E-state index in [0.29, 0.717) is 35.7 Å². The normalized spacial score (nSPS) is 13.8. The summed E-state index contributed by atoms with van der Waals surface area (Å²) in [6, 6.07) is 39.4. The molecule has 0 saturated carbocycles. The molecule has 6 aromatic carbocycles. The van der Waals surface area contributed by atoms with Gasteiger partial charge in [0, 0.05) is 34.8 Å². The molecule has 0 spiro atoms. The van der Waals surface area contributed by atoms with Gasteiger partial charge >= 0.3 is 11.9 Å². The third kappa shape index (κ3) is 9.83. The molecule has 14 heteroatoms. The van der Waals surface area contributed by atoms with Crippen LogP contribution in [0, 0.1) is 0 Å². The second-order valence-electron chi connectivity index (χ2n) is 15.7. The lowest BCUT2D eigenvalue weighted by atomic mass is 10.0. The summed E-state index contributed by atoms with van der Waals surface area (Å²) < 4.78 is 58.6. The van der Waals surface area contributed by atoms with Gasteiger partial charge in [-0.2, -0.15) is 10.2 Å². The first-order valence-electron chi connectivity index (χ1n) is 21.0. The van der Waals surface area contributed by atoms with E-state index in [1.54, 1.807) is 36.4 Å². The molecular weight excluding hydrogens is 849 g/mol. The first kappa shape index (κ1) is 43.7. The number of unbranched alkanes of at least 4 members (excludes halogenated alkanes) is 5. The Hall–Kier alpha value is -6.90. The van der Waals surface area contributed by atoms with E-state index in [1.807, 2.05) is 72.8 Å². The number of nitrogens with one attached hydrogen (secondary N) is 2. The molecule has 2 N–H and O–H groups in total. The Morgan fingerprint density at radius 3 is 1.16 bits per heavy atom. The lowest BCUT2D eigenvalue weighted by Gasteiger charge is -2.08. The van der Waals surface area contributed by atoms with Gasteiger partial charge in [-0.05, 0) is 108 Å². The first-order valence-corrected chi connectivity index (χ1v) is 24.7. The van der Waals surface area contributed by atoms with Crippen LogP contribution >= 0.6 is 0 Å². The number of hydrogen-bond acceptors (Lipinski definition) is 12. The van der Waals surface area contributed by atoms with Crippen molar-refractivity contribution < 1.29 is 35.9 Å². The number of ether oxygens (including phenoxy) is 2. The Bertz CT molecular complexity index is 2830. The number of nitrogens with zero attached hydrogens (tertiary/aromatic N) is 2. The van der Waals surface area contributed by atoms with E-state index in [2.05, 4.69) is 21.1 Å². The molecule has 0 aliphatic heterocycles. The van der Waals surface area contributed by atoms with Crippen molar-refractivity contribution in [2.45, 2.75) is 48.3 Å². The van der Waals surface area contributed by atoms with Gasteiger partial charge in [0.25, 0.3) is 0 Å². The second-order valence-corrected chi connectivity index (χ2v) is 19.8. The second kappa shape index (κ2) is 18.8. The molecule has 0 aromatic heterocycles. The van der Waals surface area contributed by atoms with E-state index < -0.39 is 19.7 Å². The zero-order valence-electron chi connectivity index (χ0n) is 35.3. The number of hydrazone groups is 2. The van der Waals surface area contributed by atoms with Crippen molar-refractivity contribution in [1.82, 2.24) is 0 Å². The largest absolute Gasteiger partial charge is 0.462 e. The quantitative estimate of drug-likeness (QED) is 0.0510. The molecule has 0 heterocycles. The molecule has 2 aliphatic carbocycles. The standard InChI is InChI=1S/C50H46N4O8S2/c1-63(57,58)37-23-19-35(20-24-37)51-53-47-41-15-9-7-13-39(41)45-31-33(17-27-43(45)47)49(55)61-29-11-5-3-4-6-12-30-62-50(56)34-18-28-44-46(32-34)40-14-8-10-16-42(40)48(44)54-52-36-21-25-38(26-22-36)64(2,59)60/h7-10,13-28,31-32,51-52H,3-6,11-12,29-30H2,1-2H3/b53-47+,54-48+. The monoisotopic (exact) mass is 894 g/mol. The van der Waals surface area contributed by atoms with Crippen molar-refractivity contribution in [3.63, 3.8) is 0 Å². The minimum Gasteiger partial charge on any atom is -0.462 e. The molecule has 2 aliphatic rings. The number of benzene rings is 6. The summed E-state index contributed by atoms with van der Waals surface area (Å²) in [5.74, 6) is -0.767. The summed E-state index contributed by atoms with van der Waals surface area (Å²) >= 11 is 0. The van der Waals surface area contributed by atoms with Crippen LogP contribution in [0.1, 0.15) is 81.5 Å². The Labute approximate surface area is 372 Å². The van der Waals surface area contributed by atoms with Crippen LogP contribution in [0.2, 0.25) is 0 Å². The molecule has 64 heavy (non-hydrogen) atoms. The zero-order chi connectivity index (χ0) is 44.8. The van der Waals surface area contributed by atoms with E-state index in [0.717, 1.165) is 94.5 Å². The molecule has 0 amide bonds. The predicted octanol–water partition coefficient (Wildman–Crippen LogP) is 9.54. The molecule has 6 aromatic rings. The van der Waals surface area contributed by atoms with Crippen molar-refractivity contribution in [1.29, 1.82) is 0 Å². The molecule has 0 atom stereocenters. The van der Waals surface area contributed by atoms with Gasteiger partial charge in [0.2, 0.25) is 0 Å². The number of sulfone groups is 2. The highest BCUT2D eigenvalue weighted by Crippen LogP contribution is 2.39. The lowest BCUT2D eigenvalue weighted by molar-refractivity contribution is 0.0484. The highest BCUT2D eigenvalue weighted by Gasteiger charge is 2.28. The highest BCUT2D eigenvalue weighted by atomic mass is 32.2. The predicted molar refractivity (Wildman–Crippen MR) is 250 cm³/mol. The molecular formula is C50H46N4O8S2. The Morgan fingerprint density at radius 1 is 0.438 bits per heavy atom. The summed E-state index contributed by atoms with van der Waals surface area (Å²) in [5.41, 5.74) is 17.0. The van der Waals surface area contributed by atoms with E-state index in [9.17, 15) is 26.4 Å². The van der Waals surface area contributed by atoms with Crippen molar-refractivity contribution in [2.24, 2.45) is 10.2 Å². The zero-order valence-corrected chi connectivity index (χ0v) is 37.0. The van der Waals surface area contributed by atoms with Gasteiger partial charge in [0.1, 0.15) is 0 Å². The molecule has 12 nitrogen and oxygen atoms in total. The Balaban J connectivity index is 0.763. The van der Waals surface area contributed by atoms with Gasteiger partial charge in [0.15, 0.2) is 19.7 Å². The average molecular weight is 895 g/mol. The number of esters is 2. The third-order valence-corrected chi connectivity index (χ3v) is 13.4. The minimum atomic E-state index is -3.30. The summed E-state index contributed by atoms with van der Waals surface area (Å²) in [6.07, 6.45) is 7.56. The van der Waals surface area contributed by atoms with Crippen molar-refractivity contribution in [3.05, 3.63) is 167 Å². The van der Waals surface area contributed by atoms with Crippen LogP contribution < -0.4 is 10.9 Å². The molecule has 0 fully saturated rings. The minimum absolute atomic E-state index is 0.231. The van der Waals surface area contributed by atoms with Crippen molar-refractivity contribution in [2.75, 3.05) is 36.6 Å². The van der Waals surface area contributed by atoms with Crippen LogP contribution in [0.3, 0.4) is 0 Å². The van der Waals surface area contributed by atoms with Gasteiger partial charge in [0.05, 0.1) is 56.9 Å². The summed E-state index contributed by atoms with van der Waals surface area (Å²) in [6.45, 7) is 0.629. The molecule has 0 unspecified atom stereocenters. The molecule has 8 rings (SSSR count). The number of rotatable bonds is 17. The van der Waals surface area contributed by atoms with E-state index in [-0.39, 0.29) is 21.7 Å². The Kier molecular flexibility index (Phi) is 12.9. The molecule has 326 valence electrons. The summed E-state index contributed by atoms with van der Waals surface area (Å²) in [4.78, 5) is 26.6. The summed E-state index contributed by atoms with van der Waals surface area (Å²) in [5, 5.41) is 9.33. The number of carbonyl (C=O) groups excluding carboxylic acids is 2. The van der Waals surface area contributed by atoms with Crippen LogP contribution in [-0.4, -0.2) is 65.9 Å². The summed E-state index contributed by atoms with van der Waals surface area (Å²) in [7, 11) is -6.61. The number of anilines is 2. The molecule has 0 radical (unpaired) electrons. The van der Waals surface area contributed by atoms with Crippen LogP contribution in [0.15, 0.2) is 153 Å². The fourth-order valence-corrected chi connectivity index (χ4v) is 9.04. The topological polar surface area (TPSA) is 170 Å². The molecule has 0 bridgehead atoms. The van der Waals surface area contributed by atoms with E-state index in [1.165, 1.54) is 36.8 Å².